The Kier molecular flexibility index (Phi) is 6.79. The summed E-state index contributed by atoms with van der Waals surface area (Å²) < 4.78 is 6.05. The number of allylic oxidation sites excluding steroid dienone is 1. The van der Waals surface area contributed by atoms with Crippen molar-refractivity contribution in [1.29, 1.82) is 0 Å². The minimum Gasteiger partial charge on any atom is -0.372 e. The monoisotopic (exact) mass is 480 g/mol. The number of anilines is 1. The second-order valence-electron chi connectivity index (χ2n) is 8.99. The number of hydrogen-bond acceptors (Lipinski definition) is 6. The van der Waals surface area contributed by atoms with Crippen LogP contribution in [0.25, 0.3) is 11.6 Å². The highest BCUT2D eigenvalue weighted by Gasteiger charge is 2.29. The summed E-state index contributed by atoms with van der Waals surface area (Å²) in [4.78, 5) is 10.5. The number of hydrogen-bond donors (Lipinski definition) is 2. The van der Waals surface area contributed by atoms with Crippen LogP contribution in [0.15, 0.2) is 42.7 Å². The van der Waals surface area contributed by atoms with Crippen molar-refractivity contribution in [3.05, 3.63) is 75.0 Å². The first kappa shape index (κ1) is 22.5. The van der Waals surface area contributed by atoms with Gasteiger partial charge in [0.25, 0.3) is 0 Å². The van der Waals surface area contributed by atoms with Gasteiger partial charge >= 0.3 is 0 Å². The van der Waals surface area contributed by atoms with Crippen molar-refractivity contribution in [2.24, 2.45) is 11.7 Å². The summed E-state index contributed by atoms with van der Waals surface area (Å²) >= 11 is 7.72. The fourth-order valence-corrected chi connectivity index (χ4v) is 5.91. The highest BCUT2D eigenvalue weighted by Crippen LogP contribution is 2.43. The van der Waals surface area contributed by atoms with Gasteiger partial charge in [0.2, 0.25) is 0 Å². The van der Waals surface area contributed by atoms with Gasteiger partial charge in [-0.2, -0.15) is 0 Å². The first-order valence-electron chi connectivity index (χ1n) is 11.6. The number of fused-ring (bicyclic) bond motifs is 1. The Hall–Kier alpha value is -2.25. The summed E-state index contributed by atoms with van der Waals surface area (Å²) in [5.74, 6) is 0.405. The van der Waals surface area contributed by atoms with Crippen LogP contribution in [0, 0.1) is 5.92 Å². The van der Waals surface area contributed by atoms with Gasteiger partial charge in [-0.1, -0.05) is 42.0 Å². The lowest BCUT2D eigenvalue weighted by atomic mass is 9.84. The van der Waals surface area contributed by atoms with E-state index in [-0.39, 0.29) is 12.1 Å². The van der Waals surface area contributed by atoms with Crippen LogP contribution in [0.4, 0.5) is 5.13 Å². The Morgan fingerprint density at radius 1 is 1.27 bits per heavy atom. The predicted molar refractivity (Wildman–Crippen MR) is 137 cm³/mol. The SMILES string of the molecule is CC1Cc2cnccc2C=C1c1sc(NC[C@@H](N)Cc2ccc(Cl)cc2)nc1C1CCCO1. The van der Waals surface area contributed by atoms with Gasteiger partial charge in [-0.3, -0.25) is 4.98 Å². The second kappa shape index (κ2) is 9.94. The van der Waals surface area contributed by atoms with Crippen molar-refractivity contribution < 1.29 is 4.74 Å². The number of nitrogens with two attached hydrogens (primary N) is 1. The summed E-state index contributed by atoms with van der Waals surface area (Å²) in [5.41, 5.74) is 12.6. The molecular formula is C26H29ClN4OS. The highest BCUT2D eigenvalue weighted by atomic mass is 35.5. The molecule has 1 saturated heterocycles. The van der Waals surface area contributed by atoms with Gasteiger partial charge in [-0.25, -0.2) is 4.98 Å². The molecule has 172 valence electrons. The summed E-state index contributed by atoms with van der Waals surface area (Å²) in [5, 5.41) is 5.15. The lowest BCUT2D eigenvalue weighted by Gasteiger charge is -2.23. The van der Waals surface area contributed by atoms with Crippen molar-refractivity contribution in [2.45, 2.75) is 44.8 Å². The van der Waals surface area contributed by atoms with Crippen LogP contribution in [-0.2, 0) is 17.6 Å². The van der Waals surface area contributed by atoms with E-state index in [0.29, 0.717) is 12.5 Å². The predicted octanol–water partition coefficient (Wildman–Crippen LogP) is 5.76. The zero-order chi connectivity index (χ0) is 22.8. The summed E-state index contributed by atoms with van der Waals surface area (Å²) in [7, 11) is 0. The molecule has 2 aromatic heterocycles. The third kappa shape index (κ3) is 5.14. The van der Waals surface area contributed by atoms with Crippen molar-refractivity contribution >= 4 is 39.7 Å². The van der Waals surface area contributed by atoms with Crippen molar-refractivity contribution in [2.75, 3.05) is 18.5 Å². The summed E-state index contributed by atoms with van der Waals surface area (Å²) in [6.45, 7) is 3.75. The largest absolute Gasteiger partial charge is 0.372 e. The Labute approximate surface area is 204 Å². The van der Waals surface area contributed by atoms with E-state index in [1.165, 1.54) is 27.1 Å². The summed E-state index contributed by atoms with van der Waals surface area (Å²) in [6, 6.07) is 9.96. The normalized spacial score (nSPS) is 20.9. The van der Waals surface area contributed by atoms with E-state index >= 15 is 0 Å². The van der Waals surface area contributed by atoms with Crippen LogP contribution >= 0.6 is 22.9 Å². The average Bonchev–Trinajstić information content (AvgIpc) is 3.49. The van der Waals surface area contributed by atoms with Gasteiger partial charge in [0, 0.05) is 36.6 Å². The molecule has 2 aliphatic rings. The fraction of sp³-hybridized carbons (Fsp3) is 0.385. The van der Waals surface area contributed by atoms with Gasteiger partial charge in [0.15, 0.2) is 5.13 Å². The van der Waals surface area contributed by atoms with Gasteiger partial charge in [-0.05, 0) is 78.1 Å². The number of aromatic nitrogens is 2. The number of benzene rings is 1. The van der Waals surface area contributed by atoms with Crippen molar-refractivity contribution in [1.82, 2.24) is 9.97 Å². The standard InChI is InChI=1S/C26H29ClN4OS/c1-16-11-19-14-29-9-8-18(19)13-22(16)25-24(23-3-2-10-32-23)31-26(33-25)30-15-21(28)12-17-4-6-20(27)7-5-17/h4-9,13-14,16,21,23H,2-3,10-12,15,28H2,1H3,(H,30,31)/t16?,21-,23?/m0/s1. The molecule has 0 bridgehead atoms. The molecule has 0 spiro atoms. The topological polar surface area (TPSA) is 73.1 Å². The van der Waals surface area contributed by atoms with E-state index in [1.807, 2.05) is 36.7 Å². The zero-order valence-corrected chi connectivity index (χ0v) is 20.3. The van der Waals surface area contributed by atoms with Gasteiger partial charge in [0.05, 0.1) is 10.6 Å². The fourth-order valence-electron chi connectivity index (χ4n) is 4.63. The van der Waals surface area contributed by atoms with Gasteiger partial charge in [-0.15, -0.1) is 0 Å². The molecule has 5 rings (SSSR count). The molecule has 3 aromatic rings. The van der Waals surface area contributed by atoms with E-state index in [0.717, 1.165) is 48.1 Å². The molecule has 5 nitrogen and oxygen atoms in total. The lowest BCUT2D eigenvalue weighted by molar-refractivity contribution is 0.109. The van der Waals surface area contributed by atoms with E-state index < -0.39 is 0 Å². The maximum Gasteiger partial charge on any atom is 0.183 e. The van der Waals surface area contributed by atoms with E-state index in [1.54, 1.807) is 11.3 Å². The summed E-state index contributed by atoms with van der Waals surface area (Å²) in [6.07, 6.45) is 10.1. The van der Waals surface area contributed by atoms with Crippen LogP contribution in [-0.4, -0.2) is 29.2 Å². The van der Waals surface area contributed by atoms with E-state index in [9.17, 15) is 0 Å². The van der Waals surface area contributed by atoms with Crippen LogP contribution in [0.2, 0.25) is 5.02 Å². The molecule has 1 aliphatic carbocycles. The van der Waals surface area contributed by atoms with Crippen molar-refractivity contribution in [3.63, 3.8) is 0 Å². The van der Waals surface area contributed by atoms with Crippen molar-refractivity contribution in [3.8, 4) is 0 Å². The smallest absolute Gasteiger partial charge is 0.183 e. The van der Waals surface area contributed by atoms with E-state index in [2.05, 4.69) is 29.4 Å². The second-order valence-corrected chi connectivity index (χ2v) is 10.4. The molecule has 3 heterocycles. The maximum absolute atomic E-state index is 6.42. The minimum atomic E-state index is -0.0168. The highest BCUT2D eigenvalue weighted by molar-refractivity contribution is 7.16. The van der Waals surface area contributed by atoms with Crippen LogP contribution in [0.5, 0.6) is 0 Å². The number of nitrogens with zero attached hydrogens (tertiary/aromatic N) is 2. The maximum atomic E-state index is 6.42. The van der Waals surface area contributed by atoms with E-state index in [4.69, 9.17) is 27.1 Å². The Morgan fingerprint density at radius 2 is 2.12 bits per heavy atom. The van der Waals surface area contributed by atoms with Crippen LogP contribution < -0.4 is 11.1 Å². The van der Waals surface area contributed by atoms with Gasteiger partial charge in [0.1, 0.15) is 6.10 Å². The Bertz CT molecular complexity index is 1140. The number of halogens is 1. The molecular weight excluding hydrogens is 452 g/mol. The lowest BCUT2D eigenvalue weighted by Crippen LogP contribution is -2.31. The molecule has 2 unspecified atom stereocenters. The van der Waals surface area contributed by atoms with Gasteiger partial charge < -0.3 is 15.8 Å². The molecule has 1 fully saturated rings. The molecule has 3 N–H and O–H groups in total. The number of rotatable bonds is 7. The first-order chi connectivity index (χ1) is 16.1. The molecule has 1 aliphatic heterocycles. The first-order valence-corrected chi connectivity index (χ1v) is 12.8. The third-order valence-corrected chi connectivity index (χ3v) is 7.72. The Balaban J connectivity index is 1.37. The molecule has 7 heteroatoms. The van der Waals surface area contributed by atoms with Crippen LogP contribution in [0.3, 0.4) is 0 Å². The number of ether oxygens (including phenoxy) is 1. The molecule has 0 saturated carbocycles. The number of pyridine rings is 1. The minimum absolute atomic E-state index is 0.0168. The number of thiazole rings is 1. The molecule has 0 amide bonds. The molecule has 0 radical (unpaired) electrons. The number of nitrogens with one attached hydrogen (secondary N) is 1. The molecule has 3 atom stereocenters. The molecule has 33 heavy (non-hydrogen) atoms. The zero-order valence-electron chi connectivity index (χ0n) is 18.8. The quantitative estimate of drug-likeness (QED) is 0.450. The Morgan fingerprint density at radius 3 is 2.91 bits per heavy atom. The average molecular weight is 481 g/mol. The van der Waals surface area contributed by atoms with Crippen LogP contribution in [0.1, 0.15) is 53.1 Å². The third-order valence-electron chi connectivity index (χ3n) is 6.39. The molecule has 1 aromatic carbocycles.